The van der Waals surface area contributed by atoms with Crippen LogP contribution in [-0.2, 0) is 4.79 Å². The second-order valence-corrected chi connectivity index (χ2v) is 2.57. The Morgan fingerprint density at radius 3 is 1.83 bits per heavy atom. The Bertz CT molecular complexity index is 178. The minimum atomic E-state index is -0.833. The van der Waals surface area contributed by atoms with E-state index in [4.69, 9.17) is 15.0 Å². The normalized spacial score (nSPS) is 10.1. The Kier molecular flexibility index (Phi) is 9.08. The van der Waals surface area contributed by atoms with Gasteiger partial charge in [-0.15, -0.1) is 5.73 Å². The first-order valence-electron chi connectivity index (χ1n) is 3.64. The molecule has 1 unspecified atom stereocenters. The Balaban J connectivity index is 0. The summed E-state index contributed by atoms with van der Waals surface area (Å²) < 4.78 is 0. The molecule has 0 radical (unpaired) electrons. The summed E-state index contributed by atoms with van der Waals surface area (Å²) in [6, 6.07) is 0. The largest absolute Gasteiger partial charge is 0.481 e. The number of aliphatic hydroxyl groups excluding tert-OH is 1. The first-order valence-corrected chi connectivity index (χ1v) is 3.64. The molecule has 0 heterocycles. The van der Waals surface area contributed by atoms with Gasteiger partial charge in [0.15, 0.2) is 0 Å². The van der Waals surface area contributed by atoms with Gasteiger partial charge in [0.05, 0.1) is 6.10 Å². The van der Waals surface area contributed by atoms with E-state index in [0.717, 1.165) is 12.5 Å². The van der Waals surface area contributed by atoms with Gasteiger partial charge >= 0.3 is 0 Å². The summed E-state index contributed by atoms with van der Waals surface area (Å²) in [5, 5.41) is 16.1. The van der Waals surface area contributed by atoms with Gasteiger partial charge in [-0.3, -0.25) is 4.79 Å². The van der Waals surface area contributed by atoms with Crippen molar-refractivity contribution in [2.45, 2.75) is 33.8 Å². The van der Waals surface area contributed by atoms with E-state index in [1.165, 1.54) is 0 Å². The smallest absolute Gasteiger partial charge is 0.300 e. The second-order valence-electron chi connectivity index (χ2n) is 2.57. The fourth-order valence-corrected chi connectivity index (χ4v) is 0.287. The first-order chi connectivity index (χ1) is 5.36. The molecule has 0 spiro atoms. The Hall–Kier alpha value is -1.05. The molecule has 0 amide bonds. The minimum absolute atomic E-state index is 0.370. The van der Waals surface area contributed by atoms with E-state index < -0.39 is 5.97 Å². The molecule has 0 rings (SSSR count). The zero-order chi connectivity index (χ0) is 10.1. The molecule has 1 atom stereocenters. The third-order valence-corrected chi connectivity index (χ3v) is 0.613. The molecule has 0 aromatic rings. The molecule has 3 heteroatoms. The summed E-state index contributed by atoms with van der Waals surface area (Å²) in [5.41, 5.74) is 3.98. The topological polar surface area (TPSA) is 57.5 Å². The van der Waals surface area contributed by atoms with Gasteiger partial charge < -0.3 is 10.2 Å². The van der Waals surface area contributed by atoms with Crippen LogP contribution in [0.15, 0.2) is 17.4 Å². The van der Waals surface area contributed by atoms with E-state index in [1.807, 2.05) is 13.8 Å². The maximum absolute atomic E-state index is 9.00. The number of carbonyl (C=O) groups is 1. The predicted molar refractivity (Wildman–Crippen MR) is 47.9 cm³/mol. The van der Waals surface area contributed by atoms with Crippen LogP contribution in [-0.4, -0.2) is 22.3 Å². The standard InChI is InChI=1S/C7H12O.C2H4O2/c1-6(2)4-5-7(3)8;1-2(3)4/h5,7-8H,1-3H3;1H3,(H,3,4). The van der Waals surface area contributed by atoms with Gasteiger partial charge in [-0.2, -0.15) is 0 Å². The van der Waals surface area contributed by atoms with Crippen LogP contribution in [0.5, 0.6) is 0 Å². The van der Waals surface area contributed by atoms with E-state index >= 15 is 0 Å². The number of rotatable bonds is 1. The average Bonchev–Trinajstić information content (AvgIpc) is 1.82. The molecule has 12 heavy (non-hydrogen) atoms. The predicted octanol–water partition coefficient (Wildman–Crippen LogP) is 1.58. The van der Waals surface area contributed by atoms with Crippen molar-refractivity contribution in [2.24, 2.45) is 0 Å². The lowest BCUT2D eigenvalue weighted by atomic mass is 10.3. The van der Waals surface area contributed by atoms with Gasteiger partial charge in [0.2, 0.25) is 0 Å². The SMILES string of the molecule is CC(=O)O.CC(C)=C=CC(C)O. The highest BCUT2D eigenvalue weighted by atomic mass is 16.4. The molecular formula is C9H16O3. The number of aliphatic carboxylic acids is 1. The van der Waals surface area contributed by atoms with Gasteiger partial charge in [-0.25, -0.2) is 0 Å². The molecule has 0 saturated carbocycles. The van der Waals surface area contributed by atoms with Crippen molar-refractivity contribution >= 4 is 5.97 Å². The van der Waals surface area contributed by atoms with E-state index in [-0.39, 0.29) is 6.10 Å². The number of hydrogen-bond donors (Lipinski definition) is 2. The monoisotopic (exact) mass is 172 g/mol. The molecule has 0 aliphatic carbocycles. The highest BCUT2D eigenvalue weighted by Gasteiger charge is 1.80. The Morgan fingerprint density at radius 2 is 1.75 bits per heavy atom. The summed E-state index contributed by atoms with van der Waals surface area (Å²) in [4.78, 5) is 9.00. The fraction of sp³-hybridized carbons (Fsp3) is 0.556. The maximum Gasteiger partial charge on any atom is 0.300 e. The Morgan fingerprint density at radius 1 is 1.42 bits per heavy atom. The minimum Gasteiger partial charge on any atom is -0.481 e. The molecule has 0 aromatic heterocycles. The third kappa shape index (κ3) is 36.3. The van der Waals surface area contributed by atoms with Crippen LogP contribution in [0.1, 0.15) is 27.7 Å². The van der Waals surface area contributed by atoms with E-state index in [9.17, 15) is 0 Å². The second kappa shape index (κ2) is 8.05. The number of carboxylic acid groups (broad SMARTS) is 1. The summed E-state index contributed by atoms with van der Waals surface area (Å²) >= 11 is 0. The molecule has 0 fully saturated rings. The molecule has 0 saturated heterocycles. The number of hydrogen-bond acceptors (Lipinski definition) is 2. The first kappa shape index (κ1) is 13.5. The van der Waals surface area contributed by atoms with E-state index in [2.05, 4.69) is 5.73 Å². The van der Waals surface area contributed by atoms with Crippen LogP contribution in [0.3, 0.4) is 0 Å². The molecule has 0 aliphatic heterocycles. The van der Waals surface area contributed by atoms with E-state index in [1.54, 1.807) is 13.0 Å². The molecule has 0 aliphatic rings. The molecule has 2 N–H and O–H groups in total. The highest BCUT2D eigenvalue weighted by molar-refractivity contribution is 5.62. The number of carboxylic acids is 1. The van der Waals surface area contributed by atoms with Crippen molar-refractivity contribution < 1.29 is 15.0 Å². The maximum atomic E-state index is 9.00. The quantitative estimate of drug-likeness (QED) is 0.590. The molecule has 70 valence electrons. The zero-order valence-corrected chi connectivity index (χ0v) is 7.96. The lowest BCUT2D eigenvalue weighted by molar-refractivity contribution is -0.134. The van der Waals surface area contributed by atoms with Crippen LogP contribution in [0.2, 0.25) is 0 Å². The average molecular weight is 172 g/mol. The Labute approximate surface area is 73.0 Å². The molecular weight excluding hydrogens is 156 g/mol. The van der Waals surface area contributed by atoms with Gasteiger partial charge in [-0.05, 0) is 32.4 Å². The molecule has 3 nitrogen and oxygen atoms in total. The van der Waals surface area contributed by atoms with Crippen LogP contribution >= 0.6 is 0 Å². The summed E-state index contributed by atoms with van der Waals surface area (Å²) in [5.74, 6) is -0.833. The highest BCUT2D eigenvalue weighted by Crippen LogP contribution is 1.85. The van der Waals surface area contributed by atoms with Gasteiger partial charge in [0.25, 0.3) is 5.97 Å². The summed E-state index contributed by atoms with van der Waals surface area (Å²) in [6.07, 6.45) is 1.26. The van der Waals surface area contributed by atoms with Crippen molar-refractivity contribution in [1.82, 2.24) is 0 Å². The van der Waals surface area contributed by atoms with Crippen LogP contribution < -0.4 is 0 Å². The van der Waals surface area contributed by atoms with Crippen molar-refractivity contribution in [3.05, 3.63) is 17.4 Å². The van der Waals surface area contributed by atoms with E-state index in [0.29, 0.717) is 0 Å². The van der Waals surface area contributed by atoms with Crippen molar-refractivity contribution in [3.8, 4) is 0 Å². The third-order valence-electron chi connectivity index (χ3n) is 0.613. The summed E-state index contributed by atoms with van der Waals surface area (Å²) in [6.45, 7) is 6.67. The van der Waals surface area contributed by atoms with Gasteiger partial charge in [0, 0.05) is 6.92 Å². The van der Waals surface area contributed by atoms with Crippen LogP contribution in [0.4, 0.5) is 0 Å². The van der Waals surface area contributed by atoms with Crippen molar-refractivity contribution in [3.63, 3.8) is 0 Å². The lowest BCUT2D eigenvalue weighted by Gasteiger charge is -1.87. The molecule has 0 aromatic carbocycles. The fourth-order valence-electron chi connectivity index (χ4n) is 0.287. The van der Waals surface area contributed by atoms with Gasteiger partial charge in [-0.1, -0.05) is 0 Å². The number of aliphatic hydroxyl groups is 1. The van der Waals surface area contributed by atoms with Crippen LogP contribution in [0.25, 0.3) is 0 Å². The van der Waals surface area contributed by atoms with Gasteiger partial charge in [0.1, 0.15) is 0 Å². The zero-order valence-electron chi connectivity index (χ0n) is 7.96. The molecule has 0 bridgehead atoms. The van der Waals surface area contributed by atoms with Crippen molar-refractivity contribution in [1.29, 1.82) is 0 Å². The van der Waals surface area contributed by atoms with Crippen LogP contribution in [0, 0.1) is 0 Å². The summed E-state index contributed by atoms with van der Waals surface area (Å²) in [7, 11) is 0. The van der Waals surface area contributed by atoms with Crippen molar-refractivity contribution in [2.75, 3.05) is 0 Å². The lowest BCUT2D eigenvalue weighted by Crippen LogP contribution is -1.89.